The molecule has 1 N–H and O–H groups in total. The highest BCUT2D eigenvalue weighted by atomic mass is 15.0. The molecule has 0 amide bonds. The first-order chi connectivity index (χ1) is 7.83. The minimum atomic E-state index is 0.895. The fraction of sp³-hybridized carbons (Fsp3) is 0.643. The molecule has 0 saturated carbocycles. The number of hydrogen-bond donors (Lipinski definition) is 1. The van der Waals surface area contributed by atoms with Crippen LogP contribution in [0.1, 0.15) is 48.7 Å². The van der Waals surface area contributed by atoms with Crippen LogP contribution in [0, 0.1) is 5.41 Å². The Kier molecular flexibility index (Phi) is 2.38. The number of aromatic nitrogens is 1. The second-order valence-electron chi connectivity index (χ2n) is 5.03. The van der Waals surface area contributed by atoms with Crippen LogP contribution in [-0.4, -0.2) is 4.57 Å². The van der Waals surface area contributed by atoms with Gasteiger partial charge in [0.1, 0.15) is 0 Å². The third kappa shape index (κ3) is 1.28. The number of nitrogens with zero attached hydrogens (tertiary/aromatic N) is 1. The van der Waals surface area contributed by atoms with Gasteiger partial charge in [-0.25, -0.2) is 0 Å². The van der Waals surface area contributed by atoms with Crippen LogP contribution in [0.25, 0.3) is 0 Å². The number of rotatable bonds is 1. The first kappa shape index (κ1) is 10.1. The normalized spacial score (nSPS) is 18.3. The standard InChI is InChI=1S/C14H20N2/c1-2-16-12-8-4-3-6-10(12)14(15)11-7-5-9-13(11)16/h15H,2-9H2,1H3. The molecule has 1 aromatic heterocycles. The van der Waals surface area contributed by atoms with Crippen molar-refractivity contribution in [3.63, 3.8) is 0 Å². The number of nitrogens with one attached hydrogen (secondary N) is 1. The third-order valence-electron chi connectivity index (χ3n) is 4.20. The Labute approximate surface area is 96.8 Å². The van der Waals surface area contributed by atoms with E-state index < -0.39 is 0 Å². The van der Waals surface area contributed by atoms with Crippen molar-refractivity contribution in [1.29, 1.82) is 5.41 Å². The summed E-state index contributed by atoms with van der Waals surface area (Å²) in [6.07, 6.45) is 8.52. The monoisotopic (exact) mass is 216 g/mol. The fourth-order valence-electron chi connectivity index (χ4n) is 3.48. The molecule has 0 radical (unpaired) electrons. The van der Waals surface area contributed by atoms with Crippen molar-refractivity contribution in [3.8, 4) is 0 Å². The summed E-state index contributed by atoms with van der Waals surface area (Å²) in [7, 11) is 0. The molecule has 16 heavy (non-hydrogen) atoms. The maximum atomic E-state index is 8.36. The summed E-state index contributed by atoms with van der Waals surface area (Å²) in [5.41, 5.74) is 5.70. The Balaban J connectivity index is 2.32. The molecule has 0 aliphatic heterocycles. The molecule has 86 valence electrons. The Bertz CT molecular complexity index is 482. The lowest BCUT2D eigenvalue weighted by molar-refractivity contribution is 0.580. The lowest BCUT2D eigenvalue weighted by Crippen LogP contribution is -2.27. The first-order valence-electron chi connectivity index (χ1n) is 6.63. The van der Waals surface area contributed by atoms with Crippen molar-refractivity contribution in [2.45, 2.75) is 58.4 Å². The number of pyridine rings is 1. The molecule has 0 unspecified atom stereocenters. The third-order valence-corrected chi connectivity index (χ3v) is 4.20. The average molecular weight is 216 g/mol. The summed E-state index contributed by atoms with van der Waals surface area (Å²) in [5.74, 6) is 0. The van der Waals surface area contributed by atoms with Crippen LogP contribution >= 0.6 is 0 Å². The lowest BCUT2D eigenvalue weighted by atomic mass is 9.92. The zero-order valence-corrected chi connectivity index (χ0v) is 10.1. The lowest BCUT2D eigenvalue weighted by Gasteiger charge is -2.24. The molecule has 2 heteroatoms. The van der Waals surface area contributed by atoms with Gasteiger partial charge >= 0.3 is 0 Å². The maximum Gasteiger partial charge on any atom is 0.0638 e. The van der Waals surface area contributed by atoms with E-state index in [9.17, 15) is 0 Å². The van der Waals surface area contributed by atoms with Gasteiger partial charge in [0.05, 0.1) is 5.36 Å². The molecule has 3 rings (SSSR count). The summed E-state index contributed by atoms with van der Waals surface area (Å²) in [5, 5.41) is 9.26. The van der Waals surface area contributed by atoms with Gasteiger partial charge in [0.25, 0.3) is 0 Å². The van der Waals surface area contributed by atoms with Crippen LogP contribution < -0.4 is 5.36 Å². The molecule has 0 atom stereocenters. The van der Waals surface area contributed by atoms with Crippen LogP contribution in [0.4, 0.5) is 0 Å². The Morgan fingerprint density at radius 1 is 0.938 bits per heavy atom. The van der Waals surface area contributed by atoms with Crippen LogP contribution in [0.3, 0.4) is 0 Å². The second kappa shape index (κ2) is 3.76. The molecule has 0 fully saturated rings. The second-order valence-corrected chi connectivity index (χ2v) is 5.03. The van der Waals surface area contributed by atoms with E-state index in [-0.39, 0.29) is 0 Å². The largest absolute Gasteiger partial charge is 0.348 e. The smallest absolute Gasteiger partial charge is 0.0638 e. The van der Waals surface area contributed by atoms with Crippen LogP contribution in [-0.2, 0) is 32.2 Å². The van der Waals surface area contributed by atoms with E-state index in [2.05, 4.69) is 11.5 Å². The zero-order chi connectivity index (χ0) is 11.1. The molecule has 1 aromatic rings. The highest BCUT2D eigenvalue weighted by Gasteiger charge is 2.23. The molecule has 0 aromatic carbocycles. The van der Waals surface area contributed by atoms with E-state index in [4.69, 9.17) is 5.41 Å². The van der Waals surface area contributed by atoms with Crippen LogP contribution in [0.2, 0.25) is 0 Å². The van der Waals surface area contributed by atoms with Gasteiger partial charge < -0.3 is 9.98 Å². The van der Waals surface area contributed by atoms with Gasteiger partial charge in [-0.15, -0.1) is 0 Å². The molecule has 0 saturated heterocycles. The highest BCUT2D eigenvalue weighted by molar-refractivity contribution is 5.35. The molecule has 0 bridgehead atoms. The quantitative estimate of drug-likeness (QED) is 0.746. The summed E-state index contributed by atoms with van der Waals surface area (Å²) in [6.45, 7) is 3.34. The summed E-state index contributed by atoms with van der Waals surface area (Å²) in [6, 6.07) is 0. The Morgan fingerprint density at radius 3 is 2.19 bits per heavy atom. The van der Waals surface area contributed by atoms with E-state index in [1.54, 1.807) is 0 Å². The van der Waals surface area contributed by atoms with Crippen molar-refractivity contribution in [1.82, 2.24) is 4.57 Å². The molecule has 2 nitrogen and oxygen atoms in total. The van der Waals surface area contributed by atoms with Gasteiger partial charge in [-0.3, -0.25) is 0 Å². The molecular formula is C14H20N2. The predicted molar refractivity (Wildman–Crippen MR) is 64.6 cm³/mol. The Morgan fingerprint density at radius 2 is 1.50 bits per heavy atom. The van der Waals surface area contributed by atoms with Gasteiger partial charge in [0, 0.05) is 17.9 Å². The van der Waals surface area contributed by atoms with Crippen LogP contribution in [0.5, 0.6) is 0 Å². The van der Waals surface area contributed by atoms with E-state index in [1.165, 1.54) is 54.6 Å². The minimum Gasteiger partial charge on any atom is -0.348 e. The highest BCUT2D eigenvalue weighted by Crippen LogP contribution is 2.26. The van der Waals surface area contributed by atoms with Crippen molar-refractivity contribution < 1.29 is 0 Å². The van der Waals surface area contributed by atoms with Crippen molar-refractivity contribution in [3.05, 3.63) is 27.9 Å². The predicted octanol–water partition coefficient (Wildman–Crippen LogP) is 2.35. The van der Waals surface area contributed by atoms with Gasteiger partial charge in [0.2, 0.25) is 0 Å². The molecule has 0 spiro atoms. The summed E-state index contributed by atoms with van der Waals surface area (Å²) < 4.78 is 2.52. The SMILES string of the molecule is CCn1c2c(c(=N)c3c1CCC3)CCCC2. The van der Waals surface area contributed by atoms with Gasteiger partial charge in [-0.05, 0) is 63.0 Å². The van der Waals surface area contributed by atoms with Crippen molar-refractivity contribution in [2.24, 2.45) is 0 Å². The van der Waals surface area contributed by atoms with Gasteiger partial charge in [-0.1, -0.05) is 0 Å². The molecule has 2 aliphatic carbocycles. The fourth-order valence-corrected chi connectivity index (χ4v) is 3.48. The minimum absolute atomic E-state index is 0.895. The number of hydrogen-bond acceptors (Lipinski definition) is 1. The summed E-state index contributed by atoms with van der Waals surface area (Å²) >= 11 is 0. The topological polar surface area (TPSA) is 28.8 Å². The van der Waals surface area contributed by atoms with E-state index in [0.29, 0.717) is 0 Å². The van der Waals surface area contributed by atoms with E-state index in [1.807, 2.05) is 0 Å². The van der Waals surface area contributed by atoms with Gasteiger partial charge in [0.15, 0.2) is 0 Å². The molecular weight excluding hydrogens is 196 g/mol. The number of fused-ring (bicyclic) bond motifs is 2. The summed E-state index contributed by atoms with van der Waals surface area (Å²) in [4.78, 5) is 0. The van der Waals surface area contributed by atoms with Crippen molar-refractivity contribution in [2.75, 3.05) is 0 Å². The van der Waals surface area contributed by atoms with E-state index in [0.717, 1.165) is 24.7 Å². The maximum absolute atomic E-state index is 8.36. The van der Waals surface area contributed by atoms with E-state index >= 15 is 0 Å². The first-order valence-corrected chi connectivity index (χ1v) is 6.63. The van der Waals surface area contributed by atoms with Gasteiger partial charge in [-0.2, -0.15) is 0 Å². The molecule has 1 heterocycles. The molecule has 2 aliphatic rings. The Hall–Kier alpha value is -1.05. The zero-order valence-electron chi connectivity index (χ0n) is 10.1. The van der Waals surface area contributed by atoms with Crippen molar-refractivity contribution >= 4 is 0 Å². The van der Waals surface area contributed by atoms with Crippen LogP contribution in [0.15, 0.2) is 0 Å². The average Bonchev–Trinajstić information content (AvgIpc) is 2.79.